The zero-order chi connectivity index (χ0) is 18.8. The molecule has 7 nitrogen and oxygen atoms in total. The number of fused-ring (bicyclic) bond motifs is 1. The molecule has 1 saturated heterocycles. The number of nitrogens with one attached hydrogen (secondary N) is 1. The average Bonchev–Trinajstić information content (AvgIpc) is 3.13. The average molecular weight is 368 g/mol. The number of para-hydroxylation sites is 2. The van der Waals surface area contributed by atoms with Gasteiger partial charge in [0.2, 0.25) is 12.0 Å². The first kappa shape index (κ1) is 17.2. The molecule has 0 aliphatic carbocycles. The van der Waals surface area contributed by atoms with E-state index in [9.17, 15) is 9.59 Å². The molecule has 2 aliphatic heterocycles. The molecule has 0 bridgehead atoms. The highest BCUT2D eigenvalue weighted by atomic mass is 16.6. The van der Waals surface area contributed by atoms with Crippen molar-refractivity contribution in [2.45, 2.75) is 18.9 Å². The molecule has 0 aromatic heterocycles. The second-order valence-corrected chi connectivity index (χ2v) is 6.39. The first-order chi connectivity index (χ1) is 13.2. The third-order valence-electron chi connectivity index (χ3n) is 4.61. The Bertz CT molecular complexity index is 882. The molecule has 2 amide bonds. The molecule has 7 heteroatoms. The molecule has 2 aliphatic rings. The Labute approximate surface area is 156 Å². The predicted molar refractivity (Wildman–Crippen MR) is 99.6 cm³/mol. The Kier molecular flexibility index (Phi) is 4.58. The molecule has 0 spiro atoms. The maximum atomic E-state index is 12.5. The van der Waals surface area contributed by atoms with Gasteiger partial charge in [0.05, 0.1) is 12.8 Å². The van der Waals surface area contributed by atoms with Crippen LogP contribution in [-0.2, 0) is 9.59 Å². The van der Waals surface area contributed by atoms with Gasteiger partial charge in [0, 0.05) is 24.7 Å². The Hall–Kier alpha value is -3.22. The van der Waals surface area contributed by atoms with Crippen LogP contribution in [0.25, 0.3) is 0 Å². The summed E-state index contributed by atoms with van der Waals surface area (Å²) >= 11 is 0. The number of rotatable bonds is 4. The minimum Gasteiger partial charge on any atom is -0.494 e. The SMILES string of the molecule is COc1cc(NC(=O)[C@H]2COc3ccccc3O2)ccc1N1CCCC1=O. The molecule has 0 unspecified atom stereocenters. The van der Waals surface area contributed by atoms with Crippen molar-refractivity contribution >= 4 is 23.2 Å². The van der Waals surface area contributed by atoms with E-state index in [2.05, 4.69) is 5.32 Å². The van der Waals surface area contributed by atoms with Gasteiger partial charge in [-0.25, -0.2) is 0 Å². The van der Waals surface area contributed by atoms with Gasteiger partial charge in [-0.2, -0.15) is 0 Å². The van der Waals surface area contributed by atoms with Crippen LogP contribution in [0.2, 0.25) is 0 Å². The number of hydrogen-bond donors (Lipinski definition) is 1. The van der Waals surface area contributed by atoms with Crippen LogP contribution in [0.1, 0.15) is 12.8 Å². The number of hydrogen-bond acceptors (Lipinski definition) is 5. The molecule has 0 saturated carbocycles. The van der Waals surface area contributed by atoms with E-state index >= 15 is 0 Å². The number of methoxy groups -OCH3 is 1. The number of ether oxygens (including phenoxy) is 3. The largest absolute Gasteiger partial charge is 0.494 e. The van der Waals surface area contributed by atoms with E-state index in [-0.39, 0.29) is 18.4 Å². The lowest BCUT2D eigenvalue weighted by Crippen LogP contribution is -2.40. The fourth-order valence-corrected chi connectivity index (χ4v) is 3.25. The number of carbonyl (C=O) groups excluding carboxylic acids is 2. The minimum absolute atomic E-state index is 0.0801. The van der Waals surface area contributed by atoms with Crippen molar-refractivity contribution in [3.8, 4) is 17.2 Å². The first-order valence-electron chi connectivity index (χ1n) is 8.83. The highest BCUT2D eigenvalue weighted by Crippen LogP contribution is 2.34. The molecule has 1 fully saturated rings. The summed E-state index contributed by atoms with van der Waals surface area (Å²) in [6, 6.07) is 12.5. The molecule has 1 N–H and O–H groups in total. The van der Waals surface area contributed by atoms with Gasteiger partial charge in [-0.15, -0.1) is 0 Å². The Balaban J connectivity index is 1.48. The standard InChI is InChI=1S/C20H20N2O5/c1-25-17-11-13(8-9-14(17)22-10-4-7-19(22)23)21-20(24)18-12-26-15-5-2-3-6-16(15)27-18/h2-3,5-6,8-9,11,18H,4,7,10,12H2,1H3,(H,21,24)/t18-/m1/s1. The van der Waals surface area contributed by atoms with Gasteiger partial charge in [-0.3, -0.25) is 9.59 Å². The topological polar surface area (TPSA) is 77.1 Å². The highest BCUT2D eigenvalue weighted by Gasteiger charge is 2.28. The van der Waals surface area contributed by atoms with E-state index in [0.717, 1.165) is 6.42 Å². The fraction of sp³-hybridized carbons (Fsp3) is 0.300. The molecular formula is C20H20N2O5. The van der Waals surface area contributed by atoms with Crippen molar-refractivity contribution in [2.24, 2.45) is 0 Å². The number of carbonyl (C=O) groups is 2. The molecular weight excluding hydrogens is 348 g/mol. The van der Waals surface area contributed by atoms with Gasteiger partial charge >= 0.3 is 0 Å². The smallest absolute Gasteiger partial charge is 0.269 e. The Morgan fingerprint density at radius 3 is 2.78 bits per heavy atom. The third-order valence-corrected chi connectivity index (χ3v) is 4.61. The molecule has 27 heavy (non-hydrogen) atoms. The van der Waals surface area contributed by atoms with E-state index in [1.165, 1.54) is 0 Å². The van der Waals surface area contributed by atoms with Gasteiger partial charge in [0.15, 0.2) is 11.5 Å². The van der Waals surface area contributed by atoms with Crippen molar-refractivity contribution in [3.05, 3.63) is 42.5 Å². The zero-order valence-electron chi connectivity index (χ0n) is 14.9. The number of amides is 2. The second kappa shape index (κ2) is 7.19. The van der Waals surface area contributed by atoms with Crippen LogP contribution in [-0.4, -0.2) is 38.2 Å². The summed E-state index contributed by atoms with van der Waals surface area (Å²) in [6.07, 6.45) is 0.633. The van der Waals surface area contributed by atoms with Crippen LogP contribution in [0.15, 0.2) is 42.5 Å². The Morgan fingerprint density at radius 2 is 2.04 bits per heavy atom. The van der Waals surface area contributed by atoms with Gasteiger partial charge in [-0.05, 0) is 30.7 Å². The summed E-state index contributed by atoms with van der Waals surface area (Å²) in [5, 5.41) is 2.82. The van der Waals surface area contributed by atoms with E-state index in [0.29, 0.717) is 41.6 Å². The van der Waals surface area contributed by atoms with Gasteiger partial charge in [0.1, 0.15) is 12.4 Å². The lowest BCUT2D eigenvalue weighted by Gasteiger charge is -2.25. The summed E-state index contributed by atoms with van der Waals surface area (Å²) in [4.78, 5) is 26.2. The summed E-state index contributed by atoms with van der Waals surface area (Å²) in [6.45, 7) is 0.813. The van der Waals surface area contributed by atoms with E-state index in [1.54, 1.807) is 42.3 Å². The van der Waals surface area contributed by atoms with Crippen LogP contribution in [0.5, 0.6) is 17.2 Å². The van der Waals surface area contributed by atoms with Crippen LogP contribution >= 0.6 is 0 Å². The van der Waals surface area contributed by atoms with Crippen molar-refractivity contribution in [1.82, 2.24) is 0 Å². The maximum absolute atomic E-state index is 12.5. The molecule has 2 heterocycles. The summed E-state index contributed by atoms with van der Waals surface area (Å²) in [7, 11) is 1.54. The van der Waals surface area contributed by atoms with E-state index in [4.69, 9.17) is 14.2 Å². The van der Waals surface area contributed by atoms with Crippen molar-refractivity contribution in [2.75, 3.05) is 30.5 Å². The molecule has 1 atom stereocenters. The zero-order valence-corrected chi connectivity index (χ0v) is 14.9. The van der Waals surface area contributed by atoms with E-state index in [1.807, 2.05) is 12.1 Å². The van der Waals surface area contributed by atoms with Gasteiger partial charge in [0.25, 0.3) is 5.91 Å². The molecule has 0 radical (unpaired) electrons. The van der Waals surface area contributed by atoms with Crippen LogP contribution in [0, 0.1) is 0 Å². The van der Waals surface area contributed by atoms with Crippen molar-refractivity contribution < 1.29 is 23.8 Å². The quantitative estimate of drug-likeness (QED) is 0.898. The molecule has 4 rings (SSSR count). The molecule has 2 aromatic rings. The monoisotopic (exact) mass is 368 g/mol. The predicted octanol–water partition coefficient (Wildman–Crippen LogP) is 2.60. The van der Waals surface area contributed by atoms with Crippen LogP contribution in [0.3, 0.4) is 0 Å². The summed E-state index contributed by atoms with van der Waals surface area (Å²) in [5.74, 6) is 1.48. The number of anilines is 2. The number of nitrogens with zero attached hydrogens (tertiary/aromatic N) is 1. The van der Waals surface area contributed by atoms with Crippen molar-refractivity contribution in [3.63, 3.8) is 0 Å². The fourth-order valence-electron chi connectivity index (χ4n) is 3.25. The molecule has 140 valence electrons. The first-order valence-corrected chi connectivity index (χ1v) is 8.83. The van der Waals surface area contributed by atoms with Crippen molar-refractivity contribution in [1.29, 1.82) is 0 Å². The number of benzene rings is 2. The van der Waals surface area contributed by atoms with E-state index < -0.39 is 6.10 Å². The minimum atomic E-state index is -0.745. The summed E-state index contributed by atoms with van der Waals surface area (Å²) in [5.41, 5.74) is 1.28. The third kappa shape index (κ3) is 3.40. The van der Waals surface area contributed by atoms with Crippen LogP contribution in [0.4, 0.5) is 11.4 Å². The lowest BCUT2D eigenvalue weighted by atomic mass is 10.2. The Morgan fingerprint density at radius 1 is 1.22 bits per heavy atom. The molecule has 2 aromatic carbocycles. The van der Waals surface area contributed by atoms with Crippen LogP contribution < -0.4 is 24.4 Å². The van der Waals surface area contributed by atoms with Gasteiger partial charge in [-0.1, -0.05) is 12.1 Å². The summed E-state index contributed by atoms with van der Waals surface area (Å²) < 4.78 is 16.7. The normalized spacial score (nSPS) is 18.3. The second-order valence-electron chi connectivity index (χ2n) is 6.39. The van der Waals surface area contributed by atoms with Gasteiger partial charge < -0.3 is 24.4 Å². The maximum Gasteiger partial charge on any atom is 0.269 e. The lowest BCUT2D eigenvalue weighted by molar-refractivity contribution is -0.125. The highest BCUT2D eigenvalue weighted by molar-refractivity contribution is 5.98.